The van der Waals surface area contributed by atoms with Crippen molar-refractivity contribution in [1.82, 2.24) is 24.9 Å². The van der Waals surface area contributed by atoms with Gasteiger partial charge in [-0.15, -0.1) is 0 Å². The molecule has 0 bridgehead atoms. The maximum absolute atomic E-state index is 12.8. The zero-order valence-corrected chi connectivity index (χ0v) is 20.4. The summed E-state index contributed by atoms with van der Waals surface area (Å²) in [5.41, 5.74) is 1.57. The molecule has 184 valence electrons. The first-order chi connectivity index (χ1) is 17.3. The summed E-state index contributed by atoms with van der Waals surface area (Å²) in [5.74, 6) is 1.21. The van der Waals surface area contributed by atoms with Gasteiger partial charge in [0.15, 0.2) is 0 Å². The van der Waals surface area contributed by atoms with E-state index in [0.29, 0.717) is 27.7 Å². The van der Waals surface area contributed by atoms with Gasteiger partial charge in [-0.25, -0.2) is 9.69 Å². The summed E-state index contributed by atoms with van der Waals surface area (Å²) >= 11 is 6.26. The van der Waals surface area contributed by atoms with Gasteiger partial charge in [0.1, 0.15) is 24.2 Å². The molecule has 4 aromatic rings. The second-order valence-corrected chi connectivity index (χ2v) is 8.66. The van der Waals surface area contributed by atoms with Crippen LogP contribution in [0.15, 0.2) is 47.5 Å². The summed E-state index contributed by atoms with van der Waals surface area (Å²) < 4.78 is 10.5. The number of rotatable bonds is 6. The van der Waals surface area contributed by atoms with E-state index in [2.05, 4.69) is 30.2 Å². The van der Waals surface area contributed by atoms with Gasteiger partial charge >= 0.3 is 6.09 Å². The van der Waals surface area contributed by atoms with E-state index in [0.717, 1.165) is 10.9 Å². The van der Waals surface area contributed by atoms with Crippen molar-refractivity contribution >= 4 is 40.5 Å². The molecule has 2 atom stereocenters. The van der Waals surface area contributed by atoms with Crippen LogP contribution in [0.4, 0.5) is 16.7 Å². The molecule has 1 fully saturated rings. The maximum Gasteiger partial charge on any atom is 0.417 e. The van der Waals surface area contributed by atoms with Crippen molar-refractivity contribution < 1.29 is 14.3 Å². The molecule has 1 aliphatic heterocycles. The van der Waals surface area contributed by atoms with Gasteiger partial charge in [0.05, 0.1) is 23.7 Å². The van der Waals surface area contributed by atoms with Crippen LogP contribution in [0.25, 0.3) is 10.9 Å². The van der Waals surface area contributed by atoms with Crippen LogP contribution in [0.3, 0.4) is 0 Å². The highest BCUT2D eigenvalue weighted by atomic mass is 35.5. The van der Waals surface area contributed by atoms with Crippen molar-refractivity contribution in [3.05, 3.63) is 75.1 Å². The number of hydrogen-bond acceptors (Lipinski definition) is 9. The van der Waals surface area contributed by atoms with Gasteiger partial charge in [-0.3, -0.25) is 9.78 Å². The minimum Gasteiger partial charge on any atom is -0.495 e. The summed E-state index contributed by atoms with van der Waals surface area (Å²) in [4.78, 5) is 46.9. The first-order valence-electron chi connectivity index (χ1n) is 11.1. The van der Waals surface area contributed by atoms with E-state index in [9.17, 15) is 9.59 Å². The number of ether oxygens (including phenoxy) is 2. The third kappa shape index (κ3) is 4.40. The van der Waals surface area contributed by atoms with Crippen LogP contribution in [0, 0.1) is 6.92 Å². The first kappa shape index (κ1) is 23.5. The predicted molar refractivity (Wildman–Crippen MR) is 134 cm³/mol. The number of carbonyl (C=O) groups excluding carboxylic acids is 1. The number of methoxy groups -OCH3 is 1. The molecule has 1 aromatic carbocycles. The summed E-state index contributed by atoms with van der Waals surface area (Å²) in [7, 11) is 1.51. The Bertz CT molecular complexity index is 1510. The number of halogens is 1. The van der Waals surface area contributed by atoms with Crippen molar-refractivity contribution in [2.24, 2.45) is 0 Å². The molecule has 36 heavy (non-hydrogen) atoms. The molecule has 11 nitrogen and oxygen atoms in total. The quantitative estimate of drug-likeness (QED) is 0.397. The second-order valence-electron chi connectivity index (χ2n) is 8.25. The van der Waals surface area contributed by atoms with Gasteiger partial charge in [-0.2, -0.15) is 15.0 Å². The van der Waals surface area contributed by atoms with Gasteiger partial charge in [0.2, 0.25) is 11.9 Å². The van der Waals surface area contributed by atoms with Crippen molar-refractivity contribution in [2.75, 3.05) is 23.9 Å². The minimum absolute atomic E-state index is 0.139. The number of aromatic amines is 1. The largest absolute Gasteiger partial charge is 0.495 e. The van der Waals surface area contributed by atoms with E-state index in [4.69, 9.17) is 21.1 Å². The number of cyclic esters (lactones) is 1. The Morgan fingerprint density at radius 1 is 1.25 bits per heavy atom. The van der Waals surface area contributed by atoms with Gasteiger partial charge in [0.25, 0.3) is 5.56 Å². The zero-order valence-electron chi connectivity index (χ0n) is 19.7. The molecule has 1 amide bonds. The number of anilines is 2. The highest BCUT2D eigenvalue weighted by molar-refractivity contribution is 6.32. The summed E-state index contributed by atoms with van der Waals surface area (Å²) in [6.07, 6.45) is 2.76. The van der Waals surface area contributed by atoms with Gasteiger partial charge < -0.3 is 19.8 Å². The third-order valence-electron chi connectivity index (χ3n) is 5.85. The van der Waals surface area contributed by atoms with E-state index >= 15 is 0 Å². The Labute approximate surface area is 210 Å². The molecule has 4 heterocycles. The highest BCUT2D eigenvalue weighted by Gasteiger charge is 2.38. The van der Waals surface area contributed by atoms with Gasteiger partial charge in [0, 0.05) is 29.4 Å². The smallest absolute Gasteiger partial charge is 0.417 e. The first-order valence-corrected chi connectivity index (χ1v) is 11.5. The van der Waals surface area contributed by atoms with Crippen LogP contribution in [-0.4, -0.2) is 44.7 Å². The molecule has 0 spiro atoms. The molecule has 1 saturated heterocycles. The molecule has 0 unspecified atom stereocenters. The number of aromatic nitrogens is 5. The lowest BCUT2D eigenvalue weighted by Gasteiger charge is -2.21. The van der Waals surface area contributed by atoms with E-state index in [1.165, 1.54) is 12.0 Å². The lowest BCUT2D eigenvalue weighted by Crippen LogP contribution is -2.30. The van der Waals surface area contributed by atoms with Crippen LogP contribution in [0.5, 0.6) is 5.75 Å². The molecule has 0 aliphatic carbocycles. The fourth-order valence-corrected chi connectivity index (χ4v) is 4.32. The van der Waals surface area contributed by atoms with Gasteiger partial charge in [-0.1, -0.05) is 17.7 Å². The topological polar surface area (TPSA) is 135 Å². The van der Waals surface area contributed by atoms with E-state index < -0.39 is 18.2 Å². The number of nitrogens with zero attached hydrogens (tertiary/aromatic N) is 5. The fraction of sp³-hybridized carbons (Fsp3) is 0.250. The van der Waals surface area contributed by atoms with Gasteiger partial charge in [-0.05, 0) is 37.6 Å². The number of benzene rings is 1. The lowest BCUT2D eigenvalue weighted by molar-refractivity contribution is 0.178. The average molecular weight is 508 g/mol. The van der Waals surface area contributed by atoms with Crippen LogP contribution in [0.1, 0.15) is 36.0 Å². The molecule has 1 aliphatic rings. The molecule has 3 aromatic heterocycles. The number of pyridine rings is 2. The van der Waals surface area contributed by atoms with Crippen LogP contribution >= 0.6 is 11.6 Å². The van der Waals surface area contributed by atoms with Crippen molar-refractivity contribution in [1.29, 1.82) is 0 Å². The number of nitrogens with one attached hydrogen (secondary N) is 2. The summed E-state index contributed by atoms with van der Waals surface area (Å²) in [6, 6.07) is 7.89. The zero-order chi connectivity index (χ0) is 25.4. The van der Waals surface area contributed by atoms with Crippen LogP contribution in [-0.2, 0) is 4.74 Å². The molecular formula is C24H22ClN7O4. The van der Waals surface area contributed by atoms with Crippen molar-refractivity contribution in [3.8, 4) is 5.75 Å². The number of aryl methyl sites for hydroxylation is 1. The van der Waals surface area contributed by atoms with Crippen molar-refractivity contribution in [2.45, 2.75) is 25.9 Å². The number of H-pyrrole nitrogens is 1. The second kappa shape index (κ2) is 9.42. The van der Waals surface area contributed by atoms with E-state index in [-0.39, 0.29) is 24.1 Å². The van der Waals surface area contributed by atoms with E-state index in [1.807, 2.05) is 13.0 Å². The summed E-state index contributed by atoms with van der Waals surface area (Å²) in [6.45, 7) is 3.65. The Balaban J connectivity index is 1.46. The average Bonchev–Trinajstić information content (AvgIpc) is 3.25. The maximum atomic E-state index is 12.8. The number of carbonyl (C=O) groups is 1. The number of amides is 1. The highest BCUT2D eigenvalue weighted by Crippen LogP contribution is 2.32. The Kier molecular flexibility index (Phi) is 6.15. The Hall–Kier alpha value is -4.25. The number of hydrogen-bond donors (Lipinski definition) is 2. The Morgan fingerprint density at radius 3 is 2.83 bits per heavy atom. The molecule has 12 heteroatoms. The van der Waals surface area contributed by atoms with E-state index in [1.54, 1.807) is 43.6 Å². The standard InChI is InChI=1S/C24H22ClN7O4/c1-12(16-7-15-8-17(25)20(35-3)9-18(15)30-21(16)33)27-22-28-13(2)29-23(31-22)32-19(11-36-24(32)34)14-5-4-6-26-10-14/h4-10,12,19H,11H2,1-3H3,(H,30,33)(H,27,28,29,31)/t12-,19+/m0/s1. The van der Waals surface area contributed by atoms with Crippen LogP contribution < -0.4 is 20.5 Å². The molecule has 0 radical (unpaired) electrons. The molecule has 5 rings (SSSR count). The number of fused-ring (bicyclic) bond motifs is 1. The summed E-state index contributed by atoms with van der Waals surface area (Å²) in [5, 5.41) is 4.32. The lowest BCUT2D eigenvalue weighted by atomic mass is 10.1. The third-order valence-corrected chi connectivity index (χ3v) is 6.15. The molecule has 0 saturated carbocycles. The minimum atomic E-state index is -0.563. The van der Waals surface area contributed by atoms with Crippen molar-refractivity contribution in [3.63, 3.8) is 0 Å². The van der Waals surface area contributed by atoms with Crippen LogP contribution in [0.2, 0.25) is 5.02 Å². The fourth-order valence-electron chi connectivity index (χ4n) is 4.07. The molecule has 2 N–H and O–H groups in total. The molecular weight excluding hydrogens is 486 g/mol. The monoisotopic (exact) mass is 507 g/mol. The predicted octanol–water partition coefficient (Wildman–Crippen LogP) is 3.95. The Morgan fingerprint density at radius 2 is 2.08 bits per heavy atom. The SMILES string of the molecule is COc1cc2[nH]c(=O)c([C@H](C)Nc3nc(C)nc(N4C(=O)OC[C@@H]4c4cccnc4)n3)cc2cc1Cl. The normalized spacial score (nSPS) is 16.2.